The Morgan fingerprint density at radius 2 is 1.61 bits per heavy atom. The van der Waals surface area contributed by atoms with Gasteiger partial charge in [-0.1, -0.05) is 20.8 Å². The van der Waals surface area contributed by atoms with Crippen LogP contribution in [-0.2, 0) is 33.2 Å². The Morgan fingerprint density at radius 1 is 0.982 bits per heavy atom. The van der Waals surface area contributed by atoms with Crippen LogP contribution in [0.4, 0.5) is 0 Å². The summed E-state index contributed by atoms with van der Waals surface area (Å²) in [5.41, 5.74) is -4.45. The van der Waals surface area contributed by atoms with E-state index in [1.165, 1.54) is 14.0 Å². The molecule has 0 aromatic rings. The number of ether oxygens (including phenoxy) is 6. The average Bonchev–Trinajstić information content (AvgIpc) is 3.12. The standard InChI is InChI=1S/C41H76Cl2N2O12/c1-14-29-41(10,51)34(47)26(6)45(12)21-22(2)19-39(8,50)36(57-38-32(46)28(18-23(3)53-38)44(11)17-15-16-30(42)43)24(4)33(25(5)37(49)55-29)56-31-20-40(9,52-13)35(48)27(7)54-31/h22-36,38,46-48,50-51H,14-21H2,1-13H3/t22-,23-,24+,25-,26-,27+,28+,29-,31+,32-,33+,34-,35+,36-,38+,39-,40-,41-/m1/s1. The number of hydrogen-bond donors (Lipinski definition) is 5. The number of carbonyl (C=O) groups is 1. The number of methoxy groups -OCH3 is 1. The molecule has 14 nitrogen and oxygen atoms in total. The zero-order valence-corrected chi connectivity index (χ0v) is 38.2. The normalized spacial score (nSPS) is 46.4. The Hall–Kier alpha value is -0.430. The first kappa shape index (κ1) is 50.9. The van der Waals surface area contributed by atoms with Crippen LogP contribution in [0.3, 0.4) is 0 Å². The number of cyclic esters (lactones) is 1. The minimum absolute atomic E-state index is 0.117. The van der Waals surface area contributed by atoms with E-state index < -0.39 is 101 Å². The summed E-state index contributed by atoms with van der Waals surface area (Å²) in [6.07, 6.45) is -7.31. The van der Waals surface area contributed by atoms with Crippen molar-refractivity contribution < 1.29 is 58.7 Å². The number of esters is 1. The van der Waals surface area contributed by atoms with Gasteiger partial charge in [-0.2, -0.15) is 0 Å². The molecule has 0 aromatic heterocycles. The summed E-state index contributed by atoms with van der Waals surface area (Å²) in [4.78, 5) is 17.8. The highest BCUT2D eigenvalue weighted by molar-refractivity contribution is 6.44. The van der Waals surface area contributed by atoms with Crippen LogP contribution >= 0.6 is 23.2 Å². The first-order valence-corrected chi connectivity index (χ1v) is 21.7. The molecular formula is C41H76Cl2N2O12. The number of aliphatic hydroxyl groups excluding tert-OH is 3. The predicted octanol–water partition coefficient (Wildman–Crippen LogP) is 3.85. The second kappa shape index (κ2) is 21.1. The van der Waals surface area contributed by atoms with Gasteiger partial charge in [-0.25, -0.2) is 0 Å². The second-order valence-corrected chi connectivity index (χ2v) is 19.5. The number of carbonyl (C=O) groups excluding carboxylic acids is 1. The molecule has 0 unspecified atom stereocenters. The smallest absolute Gasteiger partial charge is 0.311 e. The van der Waals surface area contributed by atoms with Crippen LogP contribution in [0.5, 0.6) is 0 Å². The minimum atomic E-state index is -1.82. The van der Waals surface area contributed by atoms with Crippen molar-refractivity contribution in [3.63, 3.8) is 0 Å². The molecule has 0 saturated carbocycles. The lowest BCUT2D eigenvalue weighted by Crippen LogP contribution is -2.60. The van der Waals surface area contributed by atoms with E-state index in [2.05, 4.69) is 0 Å². The molecular weight excluding hydrogens is 783 g/mol. The topological polar surface area (TPSA) is 180 Å². The lowest BCUT2D eigenvalue weighted by Gasteiger charge is -2.49. The highest BCUT2D eigenvalue weighted by atomic mass is 35.5. The molecule has 336 valence electrons. The molecule has 3 heterocycles. The van der Waals surface area contributed by atoms with Gasteiger partial charge in [-0.15, -0.1) is 23.2 Å². The molecule has 0 bridgehead atoms. The monoisotopic (exact) mass is 858 g/mol. The van der Waals surface area contributed by atoms with Crippen molar-refractivity contribution in [2.75, 3.05) is 34.3 Å². The van der Waals surface area contributed by atoms with Crippen LogP contribution in [0.2, 0.25) is 0 Å². The highest BCUT2D eigenvalue weighted by Gasteiger charge is 2.52. The van der Waals surface area contributed by atoms with Crippen LogP contribution in [0.1, 0.15) is 108 Å². The molecule has 5 N–H and O–H groups in total. The van der Waals surface area contributed by atoms with Gasteiger partial charge in [0.15, 0.2) is 12.6 Å². The Morgan fingerprint density at radius 3 is 2.19 bits per heavy atom. The first-order chi connectivity index (χ1) is 26.3. The summed E-state index contributed by atoms with van der Waals surface area (Å²) in [5, 5.41) is 58.8. The molecule has 3 saturated heterocycles. The quantitative estimate of drug-likeness (QED) is 0.149. The van der Waals surface area contributed by atoms with Crippen LogP contribution in [0.25, 0.3) is 0 Å². The average molecular weight is 860 g/mol. The van der Waals surface area contributed by atoms with Crippen molar-refractivity contribution in [2.45, 2.75) is 203 Å². The van der Waals surface area contributed by atoms with E-state index in [-0.39, 0.29) is 37.3 Å². The first-order valence-electron chi connectivity index (χ1n) is 20.9. The molecule has 18 atom stereocenters. The zero-order valence-electron chi connectivity index (χ0n) is 36.6. The molecule has 0 radical (unpaired) electrons. The van der Waals surface area contributed by atoms with Crippen LogP contribution < -0.4 is 0 Å². The van der Waals surface area contributed by atoms with Crippen LogP contribution in [0.15, 0.2) is 0 Å². The Labute approximate surface area is 351 Å². The van der Waals surface area contributed by atoms with E-state index in [1.54, 1.807) is 41.5 Å². The molecule has 0 amide bonds. The van der Waals surface area contributed by atoms with Gasteiger partial charge in [0, 0.05) is 38.1 Å². The number of hydrogen-bond acceptors (Lipinski definition) is 14. The zero-order chi connectivity index (χ0) is 43.4. The maximum atomic E-state index is 14.3. The molecule has 3 fully saturated rings. The fourth-order valence-corrected chi connectivity index (χ4v) is 9.63. The molecule has 0 aromatic carbocycles. The van der Waals surface area contributed by atoms with Gasteiger partial charge >= 0.3 is 5.97 Å². The van der Waals surface area contributed by atoms with Gasteiger partial charge in [0.2, 0.25) is 0 Å². The summed E-state index contributed by atoms with van der Waals surface area (Å²) in [5.74, 6) is -2.68. The number of halogens is 2. The molecule has 3 aliphatic rings. The van der Waals surface area contributed by atoms with Gasteiger partial charge in [-0.3, -0.25) is 4.79 Å². The van der Waals surface area contributed by atoms with E-state index in [0.717, 1.165) is 6.42 Å². The number of aliphatic hydroxyl groups is 5. The van der Waals surface area contributed by atoms with E-state index in [1.807, 2.05) is 44.7 Å². The van der Waals surface area contributed by atoms with Crippen molar-refractivity contribution in [2.24, 2.45) is 17.8 Å². The van der Waals surface area contributed by atoms with Crippen LogP contribution in [0, 0.1) is 17.8 Å². The highest BCUT2D eigenvalue weighted by Crippen LogP contribution is 2.40. The minimum Gasteiger partial charge on any atom is -0.459 e. The largest absolute Gasteiger partial charge is 0.459 e. The number of likely N-dealkylation sites (N-methyl/N-ethyl adjacent to an activating group) is 2. The lowest BCUT2D eigenvalue weighted by atomic mass is 9.77. The molecule has 3 rings (SSSR count). The SMILES string of the molecule is CC[C@H]1OC(=O)[C@H](C)[C@@H](O[C@H]2C[C@@](C)(OC)[C@@H](O)[C@H](C)O2)[C@H](C)[C@@H](O[C@@H]2O[C@H](C)C[C@H](N(C)CCCC(Cl)Cl)[C@H]2O)[C@](C)(O)C[C@@H](C)CN(C)[C@H](C)[C@@H](O)[C@]1(C)O. The van der Waals surface area contributed by atoms with Gasteiger partial charge in [0.05, 0.1) is 41.5 Å². The van der Waals surface area contributed by atoms with Crippen molar-refractivity contribution in [3.8, 4) is 0 Å². The number of nitrogens with zero attached hydrogens (tertiary/aromatic N) is 2. The van der Waals surface area contributed by atoms with E-state index >= 15 is 0 Å². The fraction of sp³-hybridized carbons (Fsp3) is 0.976. The van der Waals surface area contributed by atoms with Gasteiger partial charge in [0.1, 0.15) is 34.9 Å². The Balaban J connectivity index is 2.15. The summed E-state index contributed by atoms with van der Waals surface area (Å²) in [6.45, 7) is 18.6. The maximum absolute atomic E-state index is 14.3. The number of alkyl halides is 2. The van der Waals surface area contributed by atoms with Crippen molar-refractivity contribution >= 4 is 29.2 Å². The van der Waals surface area contributed by atoms with Gasteiger partial charge < -0.3 is 63.8 Å². The third-order valence-electron chi connectivity index (χ3n) is 13.0. The van der Waals surface area contributed by atoms with Crippen molar-refractivity contribution in [3.05, 3.63) is 0 Å². The summed E-state index contributed by atoms with van der Waals surface area (Å²) in [7, 11) is 5.27. The maximum Gasteiger partial charge on any atom is 0.311 e. The summed E-state index contributed by atoms with van der Waals surface area (Å²) >= 11 is 12.0. The Kier molecular flexibility index (Phi) is 18.8. The molecule has 16 heteroatoms. The summed E-state index contributed by atoms with van der Waals surface area (Å²) < 4.78 is 37.9. The van der Waals surface area contributed by atoms with E-state index in [4.69, 9.17) is 51.6 Å². The third kappa shape index (κ3) is 12.6. The van der Waals surface area contributed by atoms with Gasteiger partial charge in [0.25, 0.3) is 0 Å². The van der Waals surface area contributed by atoms with Crippen molar-refractivity contribution in [1.29, 1.82) is 0 Å². The molecule has 0 aliphatic carbocycles. The summed E-state index contributed by atoms with van der Waals surface area (Å²) in [6, 6.07) is -0.901. The Bertz CT molecular complexity index is 1250. The number of rotatable bonds is 11. The molecule has 3 aliphatic heterocycles. The predicted molar refractivity (Wildman–Crippen MR) is 218 cm³/mol. The third-order valence-corrected chi connectivity index (χ3v) is 13.5. The van der Waals surface area contributed by atoms with E-state index in [9.17, 15) is 30.3 Å². The van der Waals surface area contributed by atoms with E-state index in [0.29, 0.717) is 25.9 Å². The van der Waals surface area contributed by atoms with Crippen LogP contribution in [-0.4, -0.2) is 171 Å². The second-order valence-electron chi connectivity index (χ2n) is 18.2. The molecule has 0 spiro atoms. The lowest BCUT2D eigenvalue weighted by molar-refractivity contribution is -0.318. The van der Waals surface area contributed by atoms with Crippen molar-refractivity contribution in [1.82, 2.24) is 9.80 Å². The van der Waals surface area contributed by atoms with Gasteiger partial charge in [-0.05, 0) is 107 Å². The molecule has 57 heavy (non-hydrogen) atoms. The fourth-order valence-electron chi connectivity index (χ4n) is 9.32.